The number of para-hydroxylation sites is 2. The summed E-state index contributed by atoms with van der Waals surface area (Å²) in [6, 6.07) is 12.7. The normalized spacial score (nSPS) is 12.8. The number of aromatic nitrogens is 2. The summed E-state index contributed by atoms with van der Waals surface area (Å²) in [5.74, 6) is -0.626. The third kappa shape index (κ3) is 4.73. The first-order valence-corrected chi connectivity index (χ1v) is 8.86. The minimum Gasteiger partial charge on any atom is -0.406 e. The average molecular weight is 395 g/mol. The van der Waals surface area contributed by atoms with Gasteiger partial charge in [-0.3, -0.25) is 4.79 Å². The van der Waals surface area contributed by atoms with Gasteiger partial charge in [0.15, 0.2) is 5.16 Å². The predicted octanol–water partition coefficient (Wildman–Crippen LogP) is 4.59. The van der Waals surface area contributed by atoms with E-state index in [9.17, 15) is 18.0 Å². The number of hydrogen-bond donors (Lipinski definition) is 1. The predicted molar refractivity (Wildman–Crippen MR) is 97.8 cm³/mol. The Bertz CT molecular complexity index is 955. The molecule has 0 aliphatic carbocycles. The molecule has 0 aliphatic rings. The Balaban J connectivity index is 1.64. The number of hydrogen-bond acceptors (Lipinski definition) is 4. The second kappa shape index (κ2) is 7.51. The van der Waals surface area contributed by atoms with Gasteiger partial charge < -0.3 is 14.6 Å². The molecule has 3 aromatic rings. The van der Waals surface area contributed by atoms with Crippen LogP contribution in [0, 0.1) is 0 Å². The van der Waals surface area contributed by atoms with Gasteiger partial charge in [0.2, 0.25) is 5.91 Å². The molecule has 0 radical (unpaired) electrons. The molecule has 9 heteroatoms. The van der Waals surface area contributed by atoms with Gasteiger partial charge in [0.05, 0.1) is 16.3 Å². The smallest absolute Gasteiger partial charge is 0.406 e. The highest BCUT2D eigenvalue weighted by Gasteiger charge is 2.31. The Morgan fingerprint density at radius 3 is 2.48 bits per heavy atom. The van der Waals surface area contributed by atoms with Crippen molar-refractivity contribution in [2.45, 2.75) is 23.7 Å². The third-order valence-corrected chi connectivity index (χ3v) is 4.90. The summed E-state index contributed by atoms with van der Waals surface area (Å²) in [4.78, 5) is 16.9. The van der Waals surface area contributed by atoms with E-state index in [0.717, 1.165) is 23.2 Å². The number of ether oxygens (including phenoxy) is 1. The second-order valence-electron chi connectivity index (χ2n) is 5.76. The van der Waals surface area contributed by atoms with E-state index in [-0.39, 0.29) is 11.7 Å². The van der Waals surface area contributed by atoms with Gasteiger partial charge in [0, 0.05) is 12.7 Å². The van der Waals surface area contributed by atoms with E-state index < -0.39 is 11.6 Å². The van der Waals surface area contributed by atoms with Crippen LogP contribution in [0.4, 0.5) is 18.9 Å². The zero-order chi connectivity index (χ0) is 19.6. The number of carbonyl (C=O) groups is 1. The lowest BCUT2D eigenvalue weighted by Crippen LogP contribution is -2.22. The van der Waals surface area contributed by atoms with Gasteiger partial charge in [0.25, 0.3) is 0 Å². The summed E-state index contributed by atoms with van der Waals surface area (Å²) >= 11 is 1.30. The molecule has 0 saturated heterocycles. The minimum atomic E-state index is -4.75. The quantitative estimate of drug-likeness (QED) is 0.642. The van der Waals surface area contributed by atoms with Crippen LogP contribution < -0.4 is 10.1 Å². The van der Waals surface area contributed by atoms with Gasteiger partial charge in [-0.2, -0.15) is 0 Å². The molecule has 0 bridgehead atoms. The van der Waals surface area contributed by atoms with Crippen LogP contribution >= 0.6 is 11.8 Å². The maximum absolute atomic E-state index is 12.4. The molecular weight excluding hydrogens is 379 g/mol. The molecule has 0 aliphatic heterocycles. The van der Waals surface area contributed by atoms with Crippen molar-refractivity contribution in [2.24, 2.45) is 7.05 Å². The number of aryl methyl sites for hydroxylation is 1. The number of nitrogens with zero attached hydrogens (tertiary/aromatic N) is 2. The van der Waals surface area contributed by atoms with Crippen LogP contribution in [-0.2, 0) is 11.8 Å². The zero-order valence-corrected chi connectivity index (χ0v) is 15.3. The van der Waals surface area contributed by atoms with E-state index >= 15 is 0 Å². The van der Waals surface area contributed by atoms with E-state index in [1.807, 2.05) is 35.9 Å². The molecule has 1 aromatic heterocycles. The molecular formula is C18H16F3N3O2S. The summed E-state index contributed by atoms with van der Waals surface area (Å²) in [5.41, 5.74) is 2.19. The number of amides is 1. The highest BCUT2D eigenvalue weighted by atomic mass is 32.2. The third-order valence-electron chi connectivity index (χ3n) is 3.75. The lowest BCUT2D eigenvalue weighted by atomic mass is 10.3. The number of nitrogens with one attached hydrogen (secondary N) is 1. The van der Waals surface area contributed by atoms with Crippen molar-refractivity contribution in [3.63, 3.8) is 0 Å². The van der Waals surface area contributed by atoms with Crippen molar-refractivity contribution in [3.05, 3.63) is 48.5 Å². The molecule has 5 nitrogen and oxygen atoms in total. The van der Waals surface area contributed by atoms with Crippen LogP contribution in [0.15, 0.2) is 53.7 Å². The molecule has 2 aromatic carbocycles. The average Bonchev–Trinajstić information content (AvgIpc) is 2.91. The van der Waals surface area contributed by atoms with Crippen LogP contribution in [0.2, 0.25) is 0 Å². The van der Waals surface area contributed by atoms with Crippen LogP contribution in [0.1, 0.15) is 6.92 Å². The van der Waals surface area contributed by atoms with Crippen molar-refractivity contribution in [1.29, 1.82) is 0 Å². The first-order valence-electron chi connectivity index (χ1n) is 7.98. The first-order chi connectivity index (χ1) is 12.7. The topological polar surface area (TPSA) is 56.2 Å². The Hall–Kier alpha value is -2.68. The van der Waals surface area contributed by atoms with E-state index in [0.29, 0.717) is 10.8 Å². The Morgan fingerprint density at radius 2 is 1.85 bits per heavy atom. The number of fused-ring (bicyclic) bond motifs is 1. The fourth-order valence-electron chi connectivity index (χ4n) is 2.42. The van der Waals surface area contributed by atoms with Gasteiger partial charge in [-0.25, -0.2) is 4.98 Å². The monoisotopic (exact) mass is 395 g/mol. The second-order valence-corrected chi connectivity index (χ2v) is 7.07. The Morgan fingerprint density at radius 1 is 1.19 bits per heavy atom. The molecule has 3 rings (SSSR count). The zero-order valence-electron chi connectivity index (χ0n) is 14.4. The highest BCUT2D eigenvalue weighted by Crippen LogP contribution is 2.27. The number of imidazole rings is 1. The minimum absolute atomic E-state index is 0.281. The molecule has 1 amide bonds. The molecule has 27 heavy (non-hydrogen) atoms. The number of carbonyl (C=O) groups excluding carboxylic acids is 1. The summed E-state index contributed by atoms with van der Waals surface area (Å²) in [6.07, 6.45) is -4.75. The molecule has 0 saturated carbocycles. The lowest BCUT2D eigenvalue weighted by molar-refractivity contribution is -0.274. The van der Waals surface area contributed by atoms with Gasteiger partial charge in [0.1, 0.15) is 5.75 Å². The van der Waals surface area contributed by atoms with Crippen molar-refractivity contribution in [1.82, 2.24) is 9.55 Å². The van der Waals surface area contributed by atoms with Crippen molar-refractivity contribution < 1.29 is 22.7 Å². The van der Waals surface area contributed by atoms with Crippen LogP contribution in [-0.4, -0.2) is 27.1 Å². The van der Waals surface area contributed by atoms with Crippen LogP contribution in [0.25, 0.3) is 11.0 Å². The standard InChI is InChI=1S/C18H16F3N3O2S/c1-11(27-17-23-14-5-3-4-6-15(14)24(17)2)16(25)22-12-7-9-13(10-8-12)26-18(19,20)21/h3-11H,1-2H3,(H,22,25). The van der Waals surface area contributed by atoms with E-state index in [1.54, 1.807) is 6.92 Å². The molecule has 0 spiro atoms. The fraction of sp³-hybridized carbons (Fsp3) is 0.222. The summed E-state index contributed by atoms with van der Waals surface area (Å²) < 4.78 is 42.2. The van der Waals surface area contributed by atoms with Crippen molar-refractivity contribution in [2.75, 3.05) is 5.32 Å². The van der Waals surface area contributed by atoms with Gasteiger partial charge >= 0.3 is 6.36 Å². The number of benzene rings is 2. The van der Waals surface area contributed by atoms with Gasteiger partial charge in [-0.1, -0.05) is 23.9 Å². The van der Waals surface area contributed by atoms with Gasteiger partial charge in [-0.15, -0.1) is 13.2 Å². The maximum Gasteiger partial charge on any atom is 0.573 e. The maximum atomic E-state index is 12.4. The SMILES string of the molecule is CC(Sc1nc2ccccc2n1C)C(=O)Nc1ccc(OC(F)(F)F)cc1. The Kier molecular flexibility index (Phi) is 5.31. The summed E-state index contributed by atoms with van der Waals surface area (Å²) in [5, 5.41) is 2.92. The molecule has 1 N–H and O–H groups in total. The molecule has 142 valence electrons. The van der Waals surface area contributed by atoms with E-state index in [1.165, 1.54) is 23.9 Å². The van der Waals surface area contributed by atoms with Crippen molar-refractivity contribution >= 4 is 34.4 Å². The molecule has 1 atom stereocenters. The largest absolute Gasteiger partial charge is 0.573 e. The van der Waals surface area contributed by atoms with E-state index in [4.69, 9.17) is 0 Å². The van der Waals surface area contributed by atoms with Gasteiger partial charge in [-0.05, 0) is 43.3 Å². The molecule has 1 unspecified atom stereocenters. The highest BCUT2D eigenvalue weighted by molar-refractivity contribution is 8.00. The number of anilines is 1. The Labute approximate surface area is 157 Å². The lowest BCUT2D eigenvalue weighted by Gasteiger charge is -2.13. The summed E-state index contributed by atoms with van der Waals surface area (Å²) in [7, 11) is 1.88. The number of alkyl halides is 3. The fourth-order valence-corrected chi connectivity index (χ4v) is 3.31. The van der Waals surface area contributed by atoms with Crippen LogP contribution in [0.3, 0.4) is 0 Å². The van der Waals surface area contributed by atoms with Crippen molar-refractivity contribution in [3.8, 4) is 5.75 Å². The first kappa shape index (κ1) is 19.1. The number of thioether (sulfide) groups is 1. The number of halogens is 3. The summed E-state index contributed by atoms with van der Waals surface area (Å²) in [6.45, 7) is 1.74. The number of rotatable bonds is 5. The molecule has 0 fully saturated rings. The van der Waals surface area contributed by atoms with Crippen LogP contribution in [0.5, 0.6) is 5.75 Å². The molecule has 1 heterocycles. The van der Waals surface area contributed by atoms with E-state index in [2.05, 4.69) is 15.0 Å².